The lowest BCUT2D eigenvalue weighted by molar-refractivity contribution is 0.343. The van der Waals surface area contributed by atoms with Gasteiger partial charge in [0.1, 0.15) is 11.3 Å². The Morgan fingerprint density at radius 2 is 1.90 bits per heavy atom. The predicted molar refractivity (Wildman–Crippen MR) is 81.1 cm³/mol. The van der Waals surface area contributed by atoms with E-state index in [2.05, 4.69) is 4.98 Å². The van der Waals surface area contributed by atoms with Gasteiger partial charge in [0.15, 0.2) is 5.58 Å². The molecule has 3 aromatic rings. The highest BCUT2D eigenvalue weighted by molar-refractivity contribution is 7.99. The summed E-state index contributed by atoms with van der Waals surface area (Å²) in [7, 11) is 0. The van der Waals surface area contributed by atoms with Crippen molar-refractivity contribution in [1.29, 1.82) is 0 Å². The van der Waals surface area contributed by atoms with E-state index in [9.17, 15) is 0 Å². The molecule has 0 aliphatic rings. The number of benzene rings is 2. The third kappa shape index (κ3) is 3.05. The van der Waals surface area contributed by atoms with Gasteiger partial charge in [0, 0.05) is 11.4 Å². The Morgan fingerprint density at radius 1 is 1.10 bits per heavy atom. The second-order valence-electron chi connectivity index (χ2n) is 4.21. The summed E-state index contributed by atoms with van der Waals surface area (Å²) in [4.78, 5) is 4.39. The Morgan fingerprint density at radius 3 is 2.70 bits per heavy atom. The van der Waals surface area contributed by atoms with Crippen molar-refractivity contribution in [3.05, 3.63) is 48.5 Å². The number of hydrogen-bond acceptors (Lipinski definition) is 5. The molecule has 1 aromatic heterocycles. The van der Waals surface area contributed by atoms with E-state index < -0.39 is 0 Å². The molecule has 5 heteroatoms. The van der Waals surface area contributed by atoms with Crippen LogP contribution in [0, 0.1) is 0 Å². The topological polar surface area (TPSA) is 61.3 Å². The fraction of sp³-hybridized carbons (Fsp3) is 0.133. The van der Waals surface area contributed by atoms with Crippen LogP contribution in [0.3, 0.4) is 0 Å². The molecule has 2 aromatic carbocycles. The van der Waals surface area contributed by atoms with Crippen LogP contribution in [0.5, 0.6) is 5.75 Å². The summed E-state index contributed by atoms with van der Waals surface area (Å²) in [6.07, 6.45) is 0. The van der Waals surface area contributed by atoms with Gasteiger partial charge in [0.25, 0.3) is 5.22 Å². The van der Waals surface area contributed by atoms with Crippen LogP contribution in [0.1, 0.15) is 0 Å². The van der Waals surface area contributed by atoms with Gasteiger partial charge in [-0.3, -0.25) is 0 Å². The van der Waals surface area contributed by atoms with Crippen LogP contribution in [0.4, 0.5) is 5.69 Å². The molecule has 0 amide bonds. The highest BCUT2D eigenvalue weighted by Crippen LogP contribution is 2.23. The minimum Gasteiger partial charge on any atom is -0.493 e. The first-order valence-electron chi connectivity index (χ1n) is 6.28. The van der Waals surface area contributed by atoms with Crippen LogP contribution in [0.2, 0.25) is 0 Å². The van der Waals surface area contributed by atoms with Crippen LogP contribution in [0.15, 0.2) is 58.2 Å². The third-order valence-electron chi connectivity index (χ3n) is 2.73. The van der Waals surface area contributed by atoms with Gasteiger partial charge < -0.3 is 14.9 Å². The average Bonchev–Trinajstić information content (AvgIpc) is 2.88. The van der Waals surface area contributed by atoms with Crippen molar-refractivity contribution in [3.8, 4) is 5.75 Å². The van der Waals surface area contributed by atoms with Gasteiger partial charge in [0.2, 0.25) is 0 Å². The van der Waals surface area contributed by atoms with E-state index in [0.717, 1.165) is 28.3 Å². The second-order valence-corrected chi connectivity index (χ2v) is 5.26. The van der Waals surface area contributed by atoms with Crippen molar-refractivity contribution >= 4 is 28.5 Å². The standard InChI is InChI=1S/C15H14N2O2S/c16-11-5-7-12(8-6-11)18-9-10-20-15-17-13-3-1-2-4-14(13)19-15/h1-8H,9-10,16H2. The van der Waals surface area contributed by atoms with E-state index in [1.165, 1.54) is 0 Å². The van der Waals surface area contributed by atoms with E-state index in [1.54, 1.807) is 11.8 Å². The normalized spacial score (nSPS) is 10.8. The number of aromatic nitrogens is 1. The average molecular weight is 286 g/mol. The van der Waals surface area contributed by atoms with Gasteiger partial charge >= 0.3 is 0 Å². The first-order chi connectivity index (χ1) is 9.81. The van der Waals surface area contributed by atoms with E-state index in [4.69, 9.17) is 14.9 Å². The third-order valence-corrected chi connectivity index (χ3v) is 3.52. The van der Waals surface area contributed by atoms with Gasteiger partial charge in [-0.25, -0.2) is 4.98 Å². The Balaban J connectivity index is 1.51. The summed E-state index contributed by atoms with van der Waals surface area (Å²) in [5.74, 6) is 1.59. The number of anilines is 1. The number of nitrogen functional groups attached to an aromatic ring is 1. The highest BCUT2D eigenvalue weighted by atomic mass is 32.2. The van der Waals surface area contributed by atoms with Crippen LogP contribution in [-0.2, 0) is 0 Å². The Kier molecular flexibility index (Phi) is 3.78. The fourth-order valence-electron chi connectivity index (χ4n) is 1.77. The zero-order chi connectivity index (χ0) is 13.8. The lowest BCUT2D eigenvalue weighted by Gasteiger charge is -2.04. The summed E-state index contributed by atoms with van der Waals surface area (Å²) >= 11 is 1.54. The van der Waals surface area contributed by atoms with Crippen LogP contribution in [-0.4, -0.2) is 17.3 Å². The number of rotatable bonds is 5. The fourth-order valence-corrected chi connectivity index (χ4v) is 2.42. The Bertz CT molecular complexity index is 661. The Labute approximate surface area is 120 Å². The smallest absolute Gasteiger partial charge is 0.256 e. The van der Waals surface area contributed by atoms with Crippen molar-refractivity contribution < 1.29 is 9.15 Å². The molecule has 3 rings (SSSR count). The molecule has 4 nitrogen and oxygen atoms in total. The number of nitrogens with two attached hydrogens (primary N) is 1. The van der Waals surface area contributed by atoms with E-state index in [0.29, 0.717) is 11.8 Å². The number of thioether (sulfide) groups is 1. The zero-order valence-corrected chi connectivity index (χ0v) is 11.6. The van der Waals surface area contributed by atoms with E-state index in [-0.39, 0.29) is 0 Å². The summed E-state index contributed by atoms with van der Waals surface area (Å²) in [5.41, 5.74) is 8.05. The minimum atomic E-state index is 0.591. The summed E-state index contributed by atoms with van der Waals surface area (Å²) < 4.78 is 11.2. The minimum absolute atomic E-state index is 0.591. The molecule has 0 bridgehead atoms. The number of hydrogen-bond donors (Lipinski definition) is 1. The van der Waals surface area contributed by atoms with Gasteiger partial charge in [-0.15, -0.1) is 0 Å². The lowest BCUT2D eigenvalue weighted by atomic mass is 10.3. The first-order valence-corrected chi connectivity index (χ1v) is 7.26. The number of para-hydroxylation sites is 2. The van der Waals surface area contributed by atoms with Crippen LogP contribution < -0.4 is 10.5 Å². The monoisotopic (exact) mass is 286 g/mol. The maximum absolute atomic E-state index is 5.62. The van der Waals surface area contributed by atoms with Gasteiger partial charge in [0.05, 0.1) is 6.61 Å². The van der Waals surface area contributed by atoms with Crippen molar-refractivity contribution in [1.82, 2.24) is 4.98 Å². The molecule has 0 fully saturated rings. The lowest BCUT2D eigenvalue weighted by Crippen LogP contribution is -2.00. The molecule has 1 heterocycles. The predicted octanol–water partition coefficient (Wildman–Crippen LogP) is 3.58. The summed E-state index contributed by atoms with van der Waals surface area (Å²) in [6.45, 7) is 0.591. The first kappa shape index (κ1) is 12.9. The number of nitrogens with zero attached hydrogens (tertiary/aromatic N) is 1. The molecule has 2 N–H and O–H groups in total. The van der Waals surface area contributed by atoms with E-state index in [1.807, 2.05) is 48.5 Å². The molecule has 0 unspecified atom stereocenters. The second kappa shape index (κ2) is 5.88. The maximum atomic E-state index is 5.62. The van der Waals surface area contributed by atoms with Gasteiger partial charge in [-0.2, -0.15) is 0 Å². The van der Waals surface area contributed by atoms with Crippen LogP contribution >= 0.6 is 11.8 Å². The molecular weight excluding hydrogens is 272 g/mol. The molecule has 0 spiro atoms. The largest absolute Gasteiger partial charge is 0.493 e. The van der Waals surface area contributed by atoms with Crippen molar-refractivity contribution in [2.75, 3.05) is 18.1 Å². The molecule has 0 aliphatic heterocycles. The van der Waals surface area contributed by atoms with Crippen molar-refractivity contribution in [2.45, 2.75) is 5.22 Å². The summed E-state index contributed by atoms with van der Waals surface area (Å²) in [5, 5.41) is 0.673. The number of fused-ring (bicyclic) bond motifs is 1. The molecule has 20 heavy (non-hydrogen) atoms. The molecular formula is C15H14N2O2S. The van der Waals surface area contributed by atoms with Crippen molar-refractivity contribution in [2.24, 2.45) is 0 Å². The zero-order valence-electron chi connectivity index (χ0n) is 10.8. The maximum Gasteiger partial charge on any atom is 0.256 e. The number of ether oxygens (including phenoxy) is 1. The molecule has 0 atom stereocenters. The molecule has 0 radical (unpaired) electrons. The Hall–Kier alpha value is -2.14. The van der Waals surface area contributed by atoms with Gasteiger partial charge in [-0.05, 0) is 36.4 Å². The van der Waals surface area contributed by atoms with Crippen LogP contribution in [0.25, 0.3) is 11.1 Å². The van der Waals surface area contributed by atoms with Gasteiger partial charge in [-0.1, -0.05) is 23.9 Å². The molecule has 0 saturated heterocycles. The SMILES string of the molecule is Nc1ccc(OCCSc2nc3ccccc3o2)cc1. The van der Waals surface area contributed by atoms with E-state index >= 15 is 0 Å². The van der Waals surface area contributed by atoms with Crippen molar-refractivity contribution in [3.63, 3.8) is 0 Å². The molecule has 0 saturated carbocycles. The quantitative estimate of drug-likeness (QED) is 0.441. The summed E-state index contributed by atoms with van der Waals surface area (Å²) in [6, 6.07) is 15.1. The number of oxazole rings is 1. The molecule has 102 valence electrons. The molecule has 0 aliphatic carbocycles. The highest BCUT2D eigenvalue weighted by Gasteiger charge is 2.05.